The lowest BCUT2D eigenvalue weighted by Gasteiger charge is -2.29. The highest BCUT2D eigenvalue weighted by molar-refractivity contribution is 6.06. The molecule has 1 aromatic rings. The number of hydrogen-bond donors (Lipinski definition) is 0. The predicted molar refractivity (Wildman–Crippen MR) is 64.4 cm³/mol. The number of halogens is 1. The first-order chi connectivity index (χ1) is 8.30. The van der Waals surface area contributed by atoms with E-state index in [1.807, 2.05) is 0 Å². The highest BCUT2D eigenvalue weighted by Crippen LogP contribution is 2.36. The van der Waals surface area contributed by atoms with Crippen molar-refractivity contribution < 1.29 is 14.0 Å². The molecule has 1 aliphatic heterocycles. The molecule has 1 fully saturated rings. The summed E-state index contributed by atoms with van der Waals surface area (Å²) < 4.78 is 14.0. The number of carbonyl (C=O) groups is 2. The van der Waals surface area contributed by atoms with E-state index in [4.69, 9.17) is 0 Å². The molecule has 0 saturated carbocycles. The van der Waals surface area contributed by atoms with Crippen LogP contribution in [-0.2, 0) is 10.3 Å². The largest absolute Gasteiger partial charge is 0.327 e. The Bertz CT molecular complexity index is 544. The van der Waals surface area contributed by atoms with Crippen LogP contribution in [0, 0.1) is 12.7 Å². The highest BCUT2D eigenvalue weighted by Gasteiger charge is 2.53. The Kier molecular flexibility index (Phi) is 2.65. The van der Waals surface area contributed by atoms with Crippen molar-refractivity contribution in [1.82, 2.24) is 9.80 Å². The van der Waals surface area contributed by atoms with Gasteiger partial charge in [0.2, 0.25) is 0 Å². The molecular weight excluding hydrogens is 235 g/mol. The van der Waals surface area contributed by atoms with E-state index < -0.39 is 23.3 Å². The number of urea groups is 1. The summed E-state index contributed by atoms with van der Waals surface area (Å²) in [5.41, 5.74) is -0.283. The summed E-state index contributed by atoms with van der Waals surface area (Å²) >= 11 is 0. The van der Waals surface area contributed by atoms with Crippen molar-refractivity contribution in [2.45, 2.75) is 19.4 Å². The molecule has 1 aromatic carbocycles. The zero-order valence-electron chi connectivity index (χ0n) is 10.8. The molecule has 1 atom stereocenters. The lowest BCUT2D eigenvalue weighted by molar-refractivity contribution is -0.132. The van der Waals surface area contributed by atoms with Gasteiger partial charge in [-0.2, -0.15) is 0 Å². The van der Waals surface area contributed by atoms with Crippen LogP contribution in [0.2, 0.25) is 0 Å². The van der Waals surface area contributed by atoms with Crippen molar-refractivity contribution in [3.63, 3.8) is 0 Å². The maximum atomic E-state index is 14.0. The number of aryl methyl sites for hydroxylation is 1. The molecule has 0 bridgehead atoms. The van der Waals surface area contributed by atoms with Crippen LogP contribution < -0.4 is 0 Å². The maximum Gasteiger partial charge on any atom is 0.327 e. The van der Waals surface area contributed by atoms with Crippen molar-refractivity contribution >= 4 is 11.9 Å². The van der Waals surface area contributed by atoms with E-state index in [2.05, 4.69) is 0 Å². The molecular formula is C13H15FN2O2. The van der Waals surface area contributed by atoms with Crippen molar-refractivity contribution in [3.8, 4) is 0 Å². The van der Waals surface area contributed by atoms with Gasteiger partial charge in [0.05, 0.1) is 0 Å². The number of amides is 3. The Labute approximate surface area is 105 Å². The Balaban J connectivity index is 2.61. The summed E-state index contributed by atoms with van der Waals surface area (Å²) in [6.07, 6.45) is 0. The van der Waals surface area contributed by atoms with E-state index in [1.165, 1.54) is 25.1 Å². The van der Waals surface area contributed by atoms with Gasteiger partial charge < -0.3 is 4.90 Å². The first-order valence-electron chi connectivity index (χ1n) is 5.62. The fourth-order valence-corrected chi connectivity index (χ4v) is 2.28. The van der Waals surface area contributed by atoms with Gasteiger partial charge in [0.1, 0.15) is 11.4 Å². The average molecular weight is 250 g/mol. The van der Waals surface area contributed by atoms with Gasteiger partial charge in [0.15, 0.2) is 0 Å². The monoisotopic (exact) mass is 250 g/mol. The smallest absolute Gasteiger partial charge is 0.309 e. The third-order valence-electron chi connectivity index (χ3n) is 3.61. The number of hydrogen-bond acceptors (Lipinski definition) is 2. The normalized spacial score (nSPS) is 24.1. The first-order valence-corrected chi connectivity index (χ1v) is 5.62. The number of rotatable bonds is 1. The summed E-state index contributed by atoms with van der Waals surface area (Å²) in [7, 11) is 2.90. The van der Waals surface area contributed by atoms with Gasteiger partial charge in [-0.15, -0.1) is 0 Å². The third-order valence-corrected chi connectivity index (χ3v) is 3.61. The standard InChI is InChI=1S/C13H15FN2O2/c1-8-5-6-9(10(14)7-8)13(2)11(17)15(3)12(18)16(13)4/h5-7H,1-4H3. The fourth-order valence-electron chi connectivity index (χ4n) is 2.28. The molecule has 1 saturated heterocycles. The molecule has 18 heavy (non-hydrogen) atoms. The molecule has 2 rings (SSSR count). The molecule has 96 valence electrons. The summed E-state index contributed by atoms with van der Waals surface area (Å²) in [6.45, 7) is 3.33. The molecule has 1 unspecified atom stereocenters. The zero-order valence-corrected chi connectivity index (χ0v) is 10.8. The summed E-state index contributed by atoms with van der Waals surface area (Å²) in [5.74, 6) is -0.890. The predicted octanol–water partition coefficient (Wildman–Crippen LogP) is 1.87. The molecule has 1 heterocycles. The van der Waals surface area contributed by atoms with Crippen molar-refractivity contribution in [2.24, 2.45) is 0 Å². The van der Waals surface area contributed by atoms with Gasteiger partial charge in [-0.05, 0) is 25.5 Å². The van der Waals surface area contributed by atoms with Gasteiger partial charge in [-0.1, -0.05) is 12.1 Å². The van der Waals surface area contributed by atoms with E-state index >= 15 is 0 Å². The Morgan fingerprint density at radius 1 is 1.22 bits per heavy atom. The van der Waals surface area contributed by atoms with Crippen LogP contribution in [0.25, 0.3) is 0 Å². The first kappa shape index (κ1) is 12.5. The van der Waals surface area contributed by atoms with Gasteiger partial charge >= 0.3 is 6.03 Å². The number of likely N-dealkylation sites (N-methyl/N-ethyl adjacent to an activating group) is 2. The molecule has 4 nitrogen and oxygen atoms in total. The van der Waals surface area contributed by atoms with Crippen LogP contribution in [0.1, 0.15) is 18.1 Å². The Hall–Kier alpha value is -1.91. The SMILES string of the molecule is Cc1ccc(C2(C)C(=O)N(C)C(=O)N2C)c(F)c1. The fraction of sp³-hybridized carbons (Fsp3) is 0.385. The van der Waals surface area contributed by atoms with Crippen LogP contribution in [0.3, 0.4) is 0 Å². The Morgan fingerprint density at radius 2 is 1.83 bits per heavy atom. The minimum Gasteiger partial charge on any atom is -0.309 e. The maximum absolute atomic E-state index is 14.0. The average Bonchev–Trinajstić information content (AvgIpc) is 2.46. The van der Waals surface area contributed by atoms with Gasteiger partial charge in [-0.3, -0.25) is 9.69 Å². The minimum absolute atomic E-state index is 0.221. The molecule has 0 aliphatic carbocycles. The second-order valence-corrected chi connectivity index (χ2v) is 4.76. The van der Waals surface area contributed by atoms with Crippen LogP contribution in [-0.4, -0.2) is 35.8 Å². The lowest BCUT2D eigenvalue weighted by atomic mass is 9.89. The summed E-state index contributed by atoms with van der Waals surface area (Å²) in [6, 6.07) is 4.23. The van der Waals surface area contributed by atoms with E-state index in [0.29, 0.717) is 0 Å². The number of nitrogens with zero attached hydrogens (tertiary/aromatic N) is 2. The zero-order chi connectivity index (χ0) is 13.7. The van der Waals surface area contributed by atoms with Crippen LogP contribution in [0.5, 0.6) is 0 Å². The molecule has 1 aliphatic rings. The molecule has 0 spiro atoms. The third kappa shape index (κ3) is 1.43. The summed E-state index contributed by atoms with van der Waals surface area (Å²) in [5, 5.41) is 0. The lowest BCUT2D eigenvalue weighted by Crippen LogP contribution is -2.42. The van der Waals surface area contributed by atoms with E-state index in [-0.39, 0.29) is 5.56 Å². The van der Waals surface area contributed by atoms with Gasteiger partial charge in [-0.25, -0.2) is 9.18 Å². The molecule has 5 heteroatoms. The van der Waals surface area contributed by atoms with Crippen molar-refractivity contribution in [3.05, 3.63) is 35.1 Å². The second kappa shape index (κ2) is 3.80. The van der Waals surface area contributed by atoms with E-state index in [0.717, 1.165) is 10.5 Å². The summed E-state index contributed by atoms with van der Waals surface area (Å²) in [4.78, 5) is 26.3. The quantitative estimate of drug-likeness (QED) is 0.714. The van der Waals surface area contributed by atoms with Gasteiger partial charge in [0, 0.05) is 19.7 Å². The number of benzene rings is 1. The molecule has 3 amide bonds. The molecule has 0 radical (unpaired) electrons. The topological polar surface area (TPSA) is 40.6 Å². The Morgan fingerprint density at radius 3 is 2.28 bits per heavy atom. The number of imide groups is 1. The molecule has 0 aromatic heterocycles. The van der Waals surface area contributed by atoms with Crippen LogP contribution >= 0.6 is 0 Å². The van der Waals surface area contributed by atoms with E-state index in [9.17, 15) is 14.0 Å². The second-order valence-electron chi connectivity index (χ2n) is 4.76. The van der Waals surface area contributed by atoms with E-state index in [1.54, 1.807) is 26.0 Å². The molecule has 0 N–H and O–H groups in total. The highest BCUT2D eigenvalue weighted by atomic mass is 19.1. The van der Waals surface area contributed by atoms with Crippen molar-refractivity contribution in [2.75, 3.05) is 14.1 Å². The van der Waals surface area contributed by atoms with Crippen LogP contribution in [0.15, 0.2) is 18.2 Å². The van der Waals surface area contributed by atoms with Crippen LogP contribution in [0.4, 0.5) is 9.18 Å². The minimum atomic E-state index is -1.27. The van der Waals surface area contributed by atoms with Crippen molar-refractivity contribution in [1.29, 1.82) is 0 Å². The number of carbonyl (C=O) groups excluding carboxylic acids is 2. The van der Waals surface area contributed by atoms with Gasteiger partial charge in [0.25, 0.3) is 5.91 Å².